The monoisotopic (exact) mass is 450 g/mol. The Hall–Kier alpha value is -1.69. The van der Waals surface area contributed by atoms with Crippen LogP contribution >= 0.6 is 0 Å². The third-order valence-electron chi connectivity index (χ3n) is 3.74. The van der Waals surface area contributed by atoms with Gasteiger partial charge in [0, 0.05) is 23.4 Å². The number of aromatic nitrogens is 1. The predicted octanol–water partition coefficient (Wildman–Crippen LogP) is 4.31. The summed E-state index contributed by atoms with van der Waals surface area (Å²) < 4.78 is 70.6. The summed E-state index contributed by atoms with van der Waals surface area (Å²) in [5.74, 6) is -2.51. The van der Waals surface area contributed by atoms with E-state index < -0.39 is 36.3 Å². The molecule has 0 bridgehead atoms. The van der Waals surface area contributed by atoms with Gasteiger partial charge in [-0.15, -0.1) is 0 Å². The first-order chi connectivity index (χ1) is 13.0. The fraction of sp³-hybridized carbons (Fsp3) is 0.500. The molecular weight excluding hydrogens is 427 g/mol. The van der Waals surface area contributed by atoms with Gasteiger partial charge in [0.05, 0.1) is 5.52 Å². The number of rotatable bonds is 6. The van der Waals surface area contributed by atoms with Crippen LogP contribution in [-0.2, 0) is 20.3 Å². The van der Waals surface area contributed by atoms with E-state index in [4.69, 9.17) is 4.43 Å². The van der Waals surface area contributed by atoms with E-state index in [0.717, 1.165) is 6.07 Å². The van der Waals surface area contributed by atoms with Crippen molar-refractivity contribution in [1.82, 2.24) is 4.98 Å². The van der Waals surface area contributed by atoms with Gasteiger partial charge in [-0.3, -0.25) is 0 Å². The molecule has 0 aliphatic rings. The molecule has 1 heterocycles. The molecule has 1 atom stereocenters. The summed E-state index contributed by atoms with van der Waals surface area (Å²) in [6.07, 6.45) is 0.183. The second-order valence-corrected chi connectivity index (χ2v) is 11.6. The molecule has 1 unspecified atom stereocenters. The van der Waals surface area contributed by atoms with Gasteiger partial charge in [0.1, 0.15) is 0 Å². The van der Waals surface area contributed by atoms with Crippen LogP contribution in [0.2, 0.25) is 13.1 Å². The minimum absolute atomic E-state index is 0.0948. The maximum atomic E-state index is 12.6. The van der Waals surface area contributed by atoms with E-state index >= 15 is 0 Å². The molecule has 2 aromatic rings. The van der Waals surface area contributed by atoms with Crippen LogP contribution in [0.1, 0.15) is 32.8 Å². The number of benzene rings is 1. The molecule has 1 radical (unpaired) electrons. The quantitative estimate of drug-likeness (QED) is 0.305. The molecule has 0 amide bonds. The molecule has 0 saturated heterocycles. The molecule has 0 aliphatic heterocycles. The van der Waals surface area contributed by atoms with Gasteiger partial charge in [-0.25, -0.2) is 4.98 Å². The number of aliphatic hydroxyl groups is 1. The van der Waals surface area contributed by atoms with Crippen molar-refractivity contribution in [2.75, 3.05) is 0 Å². The fourth-order valence-corrected chi connectivity index (χ4v) is 4.16. The van der Waals surface area contributed by atoms with Crippen molar-refractivity contribution >= 4 is 30.1 Å². The molecule has 29 heavy (non-hydrogen) atoms. The van der Waals surface area contributed by atoms with Crippen LogP contribution in [0.15, 0.2) is 30.3 Å². The first-order valence-electron chi connectivity index (χ1n) is 8.67. The first kappa shape index (κ1) is 23.6. The van der Waals surface area contributed by atoms with Crippen molar-refractivity contribution in [3.63, 3.8) is 0 Å². The van der Waals surface area contributed by atoms with Crippen LogP contribution < -0.4 is 4.18 Å². The number of para-hydroxylation sites is 1. The highest BCUT2D eigenvalue weighted by molar-refractivity contribution is 7.87. The standard InChI is InChI=1S/C18H23F3NO5SSi/c1-16(2,3)11-17(23,27-29(4)5)13-8-6-7-12-9-10-14(22-15(12)13)26-28(24,25)18(19,20)21/h6-10,23H,11H2,1-5H3. The summed E-state index contributed by atoms with van der Waals surface area (Å²) >= 11 is 0. The number of nitrogens with zero attached hydrogens (tertiary/aromatic N) is 1. The third-order valence-corrected chi connectivity index (χ3v) is 5.44. The number of halogens is 3. The van der Waals surface area contributed by atoms with Crippen molar-refractivity contribution in [1.29, 1.82) is 0 Å². The van der Waals surface area contributed by atoms with Crippen LogP contribution in [0.3, 0.4) is 0 Å². The lowest BCUT2D eigenvalue weighted by atomic mass is 9.84. The number of pyridine rings is 1. The lowest BCUT2D eigenvalue weighted by Crippen LogP contribution is -2.38. The Balaban J connectivity index is 2.64. The highest BCUT2D eigenvalue weighted by Crippen LogP contribution is 2.39. The zero-order chi connectivity index (χ0) is 22.3. The maximum absolute atomic E-state index is 12.6. The molecule has 0 spiro atoms. The average Bonchev–Trinajstić information content (AvgIpc) is 2.50. The van der Waals surface area contributed by atoms with Crippen molar-refractivity contribution in [2.45, 2.75) is 51.6 Å². The molecule has 6 nitrogen and oxygen atoms in total. The Morgan fingerprint density at radius 2 is 1.72 bits per heavy atom. The van der Waals surface area contributed by atoms with Gasteiger partial charge in [-0.1, -0.05) is 39.0 Å². The average molecular weight is 451 g/mol. The fourth-order valence-electron chi connectivity index (χ4n) is 2.89. The molecule has 0 aliphatic carbocycles. The second kappa shape index (κ2) is 7.86. The molecule has 1 aromatic heterocycles. The van der Waals surface area contributed by atoms with E-state index in [1.165, 1.54) is 6.07 Å². The van der Waals surface area contributed by atoms with Crippen molar-refractivity contribution in [3.8, 4) is 5.88 Å². The minimum Gasteiger partial charge on any atom is -0.387 e. The molecule has 161 valence electrons. The number of fused-ring (bicyclic) bond motifs is 1. The molecule has 0 saturated carbocycles. The predicted molar refractivity (Wildman–Crippen MR) is 104 cm³/mol. The Kier molecular flexibility index (Phi) is 6.39. The van der Waals surface area contributed by atoms with Crippen LogP contribution in [0.25, 0.3) is 10.9 Å². The van der Waals surface area contributed by atoms with Gasteiger partial charge in [0.15, 0.2) is 5.79 Å². The minimum atomic E-state index is -5.87. The zero-order valence-electron chi connectivity index (χ0n) is 16.7. The van der Waals surface area contributed by atoms with E-state index in [1.54, 1.807) is 18.2 Å². The largest absolute Gasteiger partial charge is 0.534 e. The number of alkyl halides is 3. The van der Waals surface area contributed by atoms with Gasteiger partial charge in [0.25, 0.3) is 0 Å². The van der Waals surface area contributed by atoms with Crippen LogP contribution in [-0.4, -0.2) is 33.1 Å². The normalized spacial score (nSPS) is 15.5. The smallest absolute Gasteiger partial charge is 0.387 e. The van der Waals surface area contributed by atoms with E-state index in [-0.39, 0.29) is 22.9 Å². The van der Waals surface area contributed by atoms with E-state index in [9.17, 15) is 26.7 Å². The van der Waals surface area contributed by atoms with Crippen molar-refractivity contribution in [3.05, 3.63) is 35.9 Å². The van der Waals surface area contributed by atoms with Gasteiger partial charge in [-0.2, -0.15) is 21.6 Å². The second-order valence-electron chi connectivity index (χ2n) is 8.04. The molecule has 2 rings (SSSR count). The first-order valence-corrected chi connectivity index (χ1v) is 12.5. The number of hydrogen-bond acceptors (Lipinski definition) is 6. The highest BCUT2D eigenvalue weighted by Gasteiger charge is 2.49. The summed E-state index contributed by atoms with van der Waals surface area (Å²) in [5, 5.41) is 11.8. The summed E-state index contributed by atoms with van der Waals surface area (Å²) in [6.45, 7) is 9.38. The molecule has 11 heteroatoms. The SMILES string of the molecule is C[Si](C)OC(O)(CC(C)(C)C)c1cccc2ccc(OS(=O)(=O)C(F)(F)F)nc12. The van der Waals surface area contributed by atoms with E-state index in [0.29, 0.717) is 5.39 Å². The molecule has 1 aromatic carbocycles. The van der Waals surface area contributed by atoms with Crippen LogP contribution in [0.5, 0.6) is 5.88 Å². The Labute approximate surface area is 169 Å². The van der Waals surface area contributed by atoms with Crippen molar-refractivity contribution < 1.29 is 35.3 Å². The van der Waals surface area contributed by atoms with E-state index in [1.807, 2.05) is 33.9 Å². The van der Waals surface area contributed by atoms with Gasteiger partial charge >= 0.3 is 15.6 Å². The lowest BCUT2D eigenvalue weighted by Gasteiger charge is -2.36. The van der Waals surface area contributed by atoms with Crippen LogP contribution in [0, 0.1) is 5.41 Å². The summed E-state index contributed by atoms with van der Waals surface area (Å²) in [6, 6.07) is 7.23. The maximum Gasteiger partial charge on any atom is 0.534 e. The van der Waals surface area contributed by atoms with Gasteiger partial charge < -0.3 is 13.7 Å². The Morgan fingerprint density at radius 3 is 2.24 bits per heavy atom. The lowest BCUT2D eigenvalue weighted by molar-refractivity contribution is -0.169. The highest BCUT2D eigenvalue weighted by atomic mass is 32.2. The van der Waals surface area contributed by atoms with Crippen LogP contribution in [0.4, 0.5) is 13.2 Å². The van der Waals surface area contributed by atoms with Crippen molar-refractivity contribution in [2.24, 2.45) is 5.41 Å². The Morgan fingerprint density at radius 1 is 1.10 bits per heavy atom. The summed E-state index contributed by atoms with van der Waals surface area (Å²) in [5.41, 5.74) is -5.62. The molecular formula is C18H23F3NO5SSi. The van der Waals surface area contributed by atoms with Gasteiger partial charge in [0.2, 0.25) is 14.9 Å². The zero-order valence-corrected chi connectivity index (χ0v) is 18.5. The molecule has 0 fully saturated rings. The van der Waals surface area contributed by atoms with Gasteiger partial charge in [-0.05, 0) is 24.6 Å². The Bertz CT molecular complexity index is 989. The third kappa shape index (κ3) is 5.68. The summed E-state index contributed by atoms with van der Waals surface area (Å²) in [4.78, 5) is 3.95. The van der Waals surface area contributed by atoms with E-state index in [2.05, 4.69) is 9.17 Å². The summed E-state index contributed by atoms with van der Waals surface area (Å²) in [7, 11) is -7.26. The molecule has 1 N–H and O–H groups in total. The number of hydrogen-bond donors (Lipinski definition) is 1. The topological polar surface area (TPSA) is 85.7 Å².